The molecular weight excluding hydrogens is 245 g/mol. The van der Waals surface area contributed by atoms with E-state index in [9.17, 15) is 18.0 Å². The third-order valence-electron chi connectivity index (χ3n) is 4.22. The van der Waals surface area contributed by atoms with Crippen molar-refractivity contribution < 1.29 is 18.0 Å². The van der Waals surface area contributed by atoms with Gasteiger partial charge in [0.15, 0.2) is 0 Å². The normalized spacial score (nSPS) is 31.6. The van der Waals surface area contributed by atoms with Crippen LogP contribution in [0, 0.1) is 5.92 Å². The molecule has 3 N–H and O–H groups in total. The summed E-state index contributed by atoms with van der Waals surface area (Å²) >= 11 is 0. The van der Waals surface area contributed by atoms with Gasteiger partial charge in [-0.2, -0.15) is 13.2 Å². The molecule has 0 heterocycles. The highest BCUT2D eigenvalue weighted by molar-refractivity contribution is 5.87. The van der Waals surface area contributed by atoms with Crippen molar-refractivity contribution in [2.24, 2.45) is 11.7 Å². The molecule has 104 valence electrons. The van der Waals surface area contributed by atoms with Crippen molar-refractivity contribution in [1.82, 2.24) is 5.32 Å². The topological polar surface area (TPSA) is 55.1 Å². The summed E-state index contributed by atoms with van der Waals surface area (Å²) in [6, 6.07) is -0.142. The minimum Gasteiger partial charge on any atom is -0.352 e. The summed E-state index contributed by atoms with van der Waals surface area (Å²) in [5.74, 6) is -1.40. The predicted molar refractivity (Wildman–Crippen MR) is 60.7 cm³/mol. The molecule has 2 aliphatic carbocycles. The van der Waals surface area contributed by atoms with E-state index >= 15 is 0 Å². The first-order valence-electron chi connectivity index (χ1n) is 6.48. The molecule has 0 aromatic heterocycles. The van der Waals surface area contributed by atoms with Gasteiger partial charge in [-0.3, -0.25) is 4.79 Å². The first-order valence-corrected chi connectivity index (χ1v) is 6.48. The lowest BCUT2D eigenvalue weighted by molar-refractivity contribution is -0.182. The Hall–Kier alpha value is -0.780. The monoisotopic (exact) mass is 264 g/mol. The number of carbonyl (C=O) groups is 1. The Morgan fingerprint density at radius 2 is 1.72 bits per heavy atom. The average molecular weight is 264 g/mol. The molecule has 0 unspecified atom stereocenters. The molecule has 18 heavy (non-hydrogen) atoms. The van der Waals surface area contributed by atoms with Gasteiger partial charge in [0.2, 0.25) is 5.91 Å². The van der Waals surface area contributed by atoms with Crippen LogP contribution >= 0.6 is 0 Å². The molecule has 0 aromatic rings. The van der Waals surface area contributed by atoms with Gasteiger partial charge in [-0.15, -0.1) is 0 Å². The Balaban J connectivity index is 1.78. The van der Waals surface area contributed by atoms with Crippen molar-refractivity contribution in [2.75, 3.05) is 0 Å². The molecule has 2 aliphatic rings. The fourth-order valence-corrected chi connectivity index (χ4v) is 2.68. The quantitative estimate of drug-likeness (QED) is 0.802. The largest absolute Gasteiger partial charge is 0.391 e. The third kappa shape index (κ3) is 2.79. The van der Waals surface area contributed by atoms with E-state index in [0.29, 0.717) is 25.7 Å². The molecule has 0 radical (unpaired) electrons. The highest BCUT2D eigenvalue weighted by Crippen LogP contribution is 2.38. The number of carbonyl (C=O) groups excluding carboxylic acids is 1. The maximum absolute atomic E-state index is 12.5. The standard InChI is InChI=1S/C12H19F3N2O/c13-12(14,15)8-2-4-9(5-3-8)17-10(18)11(16)6-1-7-11/h8-9H,1-7,16H2,(H,17,18). The van der Waals surface area contributed by atoms with E-state index in [1.54, 1.807) is 0 Å². The Kier molecular flexibility index (Phi) is 3.58. The molecule has 0 aliphatic heterocycles. The van der Waals surface area contributed by atoms with Crippen LogP contribution in [-0.4, -0.2) is 23.7 Å². The Morgan fingerprint density at radius 3 is 2.11 bits per heavy atom. The fourth-order valence-electron chi connectivity index (χ4n) is 2.68. The van der Waals surface area contributed by atoms with Crippen LogP contribution in [0.5, 0.6) is 0 Å². The molecule has 0 saturated heterocycles. The van der Waals surface area contributed by atoms with Crippen molar-refractivity contribution in [2.45, 2.75) is 62.7 Å². The van der Waals surface area contributed by atoms with Crippen LogP contribution in [0.15, 0.2) is 0 Å². The van der Waals surface area contributed by atoms with E-state index in [2.05, 4.69) is 5.32 Å². The number of amides is 1. The Bertz CT molecular complexity index is 318. The number of nitrogens with two attached hydrogens (primary N) is 1. The molecule has 0 bridgehead atoms. The number of alkyl halides is 3. The van der Waals surface area contributed by atoms with Gasteiger partial charge >= 0.3 is 6.18 Å². The average Bonchev–Trinajstić information content (AvgIpc) is 2.25. The highest BCUT2D eigenvalue weighted by Gasteiger charge is 2.44. The number of hydrogen-bond acceptors (Lipinski definition) is 2. The van der Waals surface area contributed by atoms with Gasteiger partial charge in [-0.1, -0.05) is 0 Å². The van der Waals surface area contributed by atoms with E-state index in [4.69, 9.17) is 5.73 Å². The second-order valence-electron chi connectivity index (χ2n) is 5.57. The number of hydrogen-bond donors (Lipinski definition) is 2. The summed E-state index contributed by atoms with van der Waals surface area (Å²) in [6.45, 7) is 0. The first-order chi connectivity index (χ1) is 8.31. The summed E-state index contributed by atoms with van der Waals surface area (Å²) in [5, 5.41) is 2.80. The second kappa shape index (κ2) is 4.72. The van der Waals surface area contributed by atoms with Crippen LogP contribution in [0.4, 0.5) is 13.2 Å². The summed E-state index contributed by atoms with van der Waals surface area (Å²) < 4.78 is 37.4. The minimum atomic E-state index is -4.10. The second-order valence-corrected chi connectivity index (χ2v) is 5.57. The van der Waals surface area contributed by atoms with Gasteiger partial charge in [-0.25, -0.2) is 0 Å². The number of rotatable bonds is 2. The van der Waals surface area contributed by atoms with Crippen molar-refractivity contribution >= 4 is 5.91 Å². The van der Waals surface area contributed by atoms with Gasteiger partial charge in [0, 0.05) is 6.04 Å². The van der Waals surface area contributed by atoms with Crippen LogP contribution in [-0.2, 0) is 4.79 Å². The summed E-state index contributed by atoms with van der Waals surface area (Å²) in [6.07, 6.45) is -0.799. The smallest absolute Gasteiger partial charge is 0.352 e. The third-order valence-corrected chi connectivity index (χ3v) is 4.22. The van der Waals surface area contributed by atoms with Gasteiger partial charge in [0.05, 0.1) is 11.5 Å². The zero-order valence-corrected chi connectivity index (χ0v) is 10.2. The fraction of sp³-hybridized carbons (Fsp3) is 0.917. The molecule has 2 saturated carbocycles. The van der Waals surface area contributed by atoms with Crippen molar-refractivity contribution in [3.63, 3.8) is 0 Å². The molecule has 3 nitrogen and oxygen atoms in total. The van der Waals surface area contributed by atoms with Gasteiger partial charge in [0.1, 0.15) is 0 Å². The lowest BCUT2D eigenvalue weighted by Crippen LogP contribution is -2.60. The van der Waals surface area contributed by atoms with E-state index in [-0.39, 0.29) is 24.8 Å². The summed E-state index contributed by atoms with van der Waals surface area (Å²) in [7, 11) is 0. The maximum Gasteiger partial charge on any atom is 0.391 e. The molecule has 2 fully saturated rings. The lowest BCUT2D eigenvalue weighted by atomic mass is 9.76. The van der Waals surface area contributed by atoms with E-state index in [0.717, 1.165) is 6.42 Å². The van der Waals surface area contributed by atoms with Crippen molar-refractivity contribution in [3.8, 4) is 0 Å². The van der Waals surface area contributed by atoms with Gasteiger partial charge < -0.3 is 11.1 Å². The van der Waals surface area contributed by atoms with Crippen LogP contribution in [0.2, 0.25) is 0 Å². The van der Waals surface area contributed by atoms with E-state index in [1.807, 2.05) is 0 Å². The molecule has 6 heteroatoms. The number of nitrogens with one attached hydrogen (secondary N) is 1. The molecule has 0 aromatic carbocycles. The molecule has 0 atom stereocenters. The Labute approximate surface area is 104 Å². The molecule has 1 amide bonds. The zero-order chi connectivity index (χ0) is 13.4. The van der Waals surface area contributed by atoms with Crippen molar-refractivity contribution in [1.29, 1.82) is 0 Å². The summed E-state index contributed by atoms with van der Waals surface area (Å²) in [4.78, 5) is 11.8. The lowest BCUT2D eigenvalue weighted by Gasteiger charge is -2.38. The zero-order valence-electron chi connectivity index (χ0n) is 10.2. The van der Waals surface area contributed by atoms with Gasteiger partial charge in [0.25, 0.3) is 0 Å². The highest BCUT2D eigenvalue weighted by atomic mass is 19.4. The van der Waals surface area contributed by atoms with E-state index in [1.165, 1.54) is 0 Å². The van der Waals surface area contributed by atoms with Crippen LogP contribution in [0.25, 0.3) is 0 Å². The molecular formula is C12H19F3N2O. The molecule has 2 rings (SSSR count). The van der Waals surface area contributed by atoms with Crippen LogP contribution < -0.4 is 11.1 Å². The molecule has 0 spiro atoms. The van der Waals surface area contributed by atoms with Gasteiger partial charge in [-0.05, 0) is 44.9 Å². The van der Waals surface area contributed by atoms with E-state index < -0.39 is 17.6 Å². The van der Waals surface area contributed by atoms with Crippen LogP contribution in [0.3, 0.4) is 0 Å². The Morgan fingerprint density at radius 1 is 1.17 bits per heavy atom. The number of halogens is 3. The predicted octanol–water partition coefficient (Wildman–Crippen LogP) is 2.11. The SMILES string of the molecule is NC1(C(=O)NC2CCC(C(F)(F)F)CC2)CCC1. The summed E-state index contributed by atoms with van der Waals surface area (Å²) in [5.41, 5.74) is 5.11. The van der Waals surface area contributed by atoms with Crippen LogP contribution in [0.1, 0.15) is 44.9 Å². The maximum atomic E-state index is 12.5. The van der Waals surface area contributed by atoms with Crippen molar-refractivity contribution in [3.05, 3.63) is 0 Å². The first kappa shape index (κ1) is 13.6. The minimum absolute atomic E-state index is 0.103.